The lowest BCUT2D eigenvalue weighted by molar-refractivity contribution is 0.398. The average Bonchev–Trinajstić information content (AvgIpc) is 1.48. The molecule has 0 N–H and O–H groups in total. The Morgan fingerprint density at radius 1 is 0.207 bits per heavy atom. The standard InChI is InChI=1S/C90H98O2/c1-5-9-13-17-21-37-53-87(54-38-22-18-14-10-6-2)71-43-27-25-41-63(71)65-59-79-67(57-77(65)87)69-61-82-70(62-81(69)89(79)73-45-29-33-49-83(73)91-84-50-34-30-46-74(84)89)68-58-78-66(60-80(68)90(82)75-47-31-35-51-85(75)92-86-52-36-32-48-76(86)90)64-42-26-28-44-72(64)88(78,55-39-23-19-15-11-7-3)56-40-24-20-16-12-8-4/h25-36,41-52,57-62H,5-24,37-40,53-56H2,1-4H3. The molecule has 9 aromatic rings. The third kappa shape index (κ3) is 9.66. The quantitative estimate of drug-likeness (QED) is 0.0455. The lowest BCUT2D eigenvalue weighted by atomic mass is 9.64. The number of fused-ring (bicyclic) bond motifs is 24. The zero-order chi connectivity index (χ0) is 62.3. The summed E-state index contributed by atoms with van der Waals surface area (Å²) >= 11 is 0. The second kappa shape index (κ2) is 25.8. The van der Waals surface area contributed by atoms with Crippen LogP contribution in [-0.4, -0.2) is 0 Å². The van der Waals surface area contributed by atoms with E-state index in [1.165, 1.54) is 269 Å². The van der Waals surface area contributed by atoms with Crippen LogP contribution in [0.1, 0.15) is 274 Å². The third-order valence-electron chi connectivity index (χ3n) is 23.6. The maximum atomic E-state index is 7.16. The van der Waals surface area contributed by atoms with E-state index >= 15 is 0 Å². The Morgan fingerprint density at radius 3 is 0.707 bits per heavy atom. The van der Waals surface area contributed by atoms with Gasteiger partial charge in [-0.15, -0.1) is 0 Å². The summed E-state index contributed by atoms with van der Waals surface area (Å²) in [7, 11) is 0. The molecule has 0 saturated heterocycles. The Bertz CT molecular complexity index is 3780. The molecule has 2 aliphatic heterocycles. The number of hydrogen-bond acceptors (Lipinski definition) is 2. The number of unbranched alkanes of at least 4 members (excludes halogenated alkanes) is 20. The molecular weight excluding hydrogens is 1110 g/mol. The fourth-order valence-corrected chi connectivity index (χ4v) is 19.3. The van der Waals surface area contributed by atoms with Crippen LogP contribution in [0.15, 0.2) is 182 Å². The fourth-order valence-electron chi connectivity index (χ4n) is 19.3. The monoisotopic (exact) mass is 1210 g/mol. The van der Waals surface area contributed by atoms with Gasteiger partial charge in [-0.2, -0.15) is 0 Å². The molecule has 0 saturated carbocycles. The maximum Gasteiger partial charge on any atom is 0.132 e. The molecule has 15 rings (SSSR count). The smallest absolute Gasteiger partial charge is 0.132 e. The van der Waals surface area contributed by atoms with Crippen LogP contribution in [0.4, 0.5) is 0 Å². The molecule has 0 unspecified atom stereocenters. The van der Waals surface area contributed by atoms with E-state index in [-0.39, 0.29) is 10.8 Å². The number of rotatable bonds is 28. The van der Waals surface area contributed by atoms with E-state index in [1.807, 2.05) is 0 Å². The van der Waals surface area contributed by atoms with Crippen molar-refractivity contribution in [3.63, 3.8) is 0 Å². The van der Waals surface area contributed by atoms with Crippen LogP contribution in [0.5, 0.6) is 23.0 Å². The van der Waals surface area contributed by atoms with Crippen LogP contribution in [-0.2, 0) is 21.7 Å². The molecule has 2 spiro atoms. The van der Waals surface area contributed by atoms with E-state index in [2.05, 4.69) is 210 Å². The summed E-state index contributed by atoms with van der Waals surface area (Å²) in [6.45, 7) is 9.38. The summed E-state index contributed by atoms with van der Waals surface area (Å²) in [6.07, 6.45) is 35.8. The third-order valence-corrected chi connectivity index (χ3v) is 23.6. The fraction of sp³-hybridized carbons (Fsp3) is 0.400. The van der Waals surface area contributed by atoms with Gasteiger partial charge in [0.05, 0.1) is 10.8 Å². The van der Waals surface area contributed by atoms with Crippen molar-refractivity contribution in [2.45, 2.75) is 229 Å². The largest absolute Gasteiger partial charge is 0.457 e. The molecule has 470 valence electrons. The highest BCUT2D eigenvalue weighted by molar-refractivity contribution is 6.00. The molecule has 0 amide bonds. The first kappa shape index (κ1) is 60.8. The minimum atomic E-state index is -0.674. The molecule has 4 aliphatic carbocycles. The van der Waals surface area contributed by atoms with E-state index in [4.69, 9.17) is 9.47 Å². The van der Waals surface area contributed by atoms with E-state index in [0.717, 1.165) is 23.0 Å². The highest BCUT2D eigenvalue weighted by Gasteiger charge is 2.58. The van der Waals surface area contributed by atoms with E-state index in [9.17, 15) is 0 Å². The van der Waals surface area contributed by atoms with Crippen molar-refractivity contribution in [2.24, 2.45) is 0 Å². The maximum absolute atomic E-state index is 7.16. The van der Waals surface area contributed by atoms with Gasteiger partial charge >= 0.3 is 0 Å². The molecular formula is C90H98O2. The molecule has 2 heterocycles. The zero-order valence-electron chi connectivity index (χ0n) is 55.9. The Morgan fingerprint density at radius 2 is 0.424 bits per heavy atom. The minimum absolute atomic E-state index is 0.0843. The van der Waals surface area contributed by atoms with Gasteiger partial charge in [-0.05, 0) is 175 Å². The lowest BCUT2D eigenvalue weighted by Gasteiger charge is -2.40. The molecule has 0 aromatic heterocycles. The molecule has 6 aliphatic rings. The minimum Gasteiger partial charge on any atom is -0.457 e. The van der Waals surface area contributed by atoms with Crippen molar-refractivity contribution in [1.82, 2.24) is 0 Å². The molecule has 0 fully saturated rings. The van der Waals surface area contributed by atoms with Crippen LogP contribution in [0.3, 0.4) is 0 Å². The van der Waals surface area contributed by atoms with Crippen molar-refractivity contribution in [1.29, 1.82) is 0 Å². The van der Waals surface area contributed by atoms with Crippen LogP contribution < -0.4 is 9.47 Å². The van der Waals surface area contributed by atoms with Gasteiger partial charge < -0.3 is 9.47 Å². The first-order chi connectivity index (χ1) is 45.5. The number of para-hydroxylation sites is 4. The lowest BCUT2D eigenvalue weighted by Crippen LogP contribution is -2.33. The Balaban J connectivity index is 1.01. The predicted octanol–water partition coefficient (Wildman–Crippen LogP) is 26.2. The van der Waals surface area contributed by atoms with Crippen LogP contribution >= 0.6 is 0 Å². The van der Waals surface area contributed by atoms with Crippen molar-refractivity contribution < 1.29 is 9.47 Å². The van der Waals surface area contributed by atoms with E-state index in [0.29, 0.717) is 0 Å². The summed E-state index contributed by atoms with van der Waals surface area (Å²) in [6, 6.07) is 72.3. The molecule has 0 atom stereocenters. The summed E-state index contributed by atoms with van der Waals surface area (Å²) in [5, 5.41) is 0. The highest BCUT2D eigenvalue weighted by atomic mass is 16.5. The SMILES string of the molecule is CCCCCCCCC1(CCCCCCCC)c2ccccc2-c2cc3c(cc21)-c1cc2c(cc1C31c3ccccc3Oc3ccccc31)-c1cc3c(cc1C21c2ccccc2Oc2ccccc21)-c1ccccc1C3(CCCCCCCC)CCCCCCCC. The van der Waals surface area contributed by atoms with Crippen molar-refractivity contribution >= 4 is 0 Å². The van der Waals surface area contributed by atoms with Crippen molar-refractivity contribution in [2.75, 3.05) is 0 Å². The van der Waals surface area contributed by atoms with E-state index < -0.39 is 10.8 Å². The normalized spacial score (nSPS) is 15.6. The summed E-state index contributed by atoms with van der Waals surface area (Å²) < 4.78 is 14.3. The predicted molar refractivity (Wildman–Crippen MR) is 386 cm³/mol. The van der Waals surface area contributed by atoms with Gasteiger partial charge in [0.1, 0.15) is 23.0 Å². The molecule has 9 aromatic carbocycles. The Labute approximate surface area is 551 Å². The van der Waals surface area contributed by atoms with Gasteiger partial charge in [0, 0.05) is 33.1 Å². The van der Waals surface area contributed by atoms with Gasteiger partial charge in [-0.3, -0.25) is 0 Å². The van der Waals surface area contributed by atoms with Gasteiger partial charge in [0.25, 0.3) is 0 Å². The highest BCUT2D eigenvalue weighted by Crippen LogP contribution is 2.70. The molecule has 0 bridgehead atoms. The summed E-state index contributed by atoms with van der Waals surface area (Å²) in [5.41, 5.74) is 26.3. The Kier molecular flexibility index (Phi) is 17.1. The topological polar surface area (TPSA) is 18.5 Å². The van der Waals surface area contributed by atoms with Crippen LogP contribution in [0.2, 0.25) is 0 Å². The number of benzene rings is 9. The average molecular weight is 1210 g/mol. The molecule has 92 heavy (non-hydrogen) atoms. The van der Waals surface area contributed by atoms with Gasteiger partial charge in [-0.1, -0.05) is 303 Å². The first-order valence-electron chi connectivity index (χ1n) is 37.0. The summed E-state index contributed by atoms with van der Waals surface area (Å²) in [4.78, 5) is 0. The van der Waals surface area contributed by atoms with Crippen molar-refractivity contribution in [3.05, 3.63) is 249 Å². The molecule has 2 nitrogen and oxygen atoms in total. The van der Waals surface area contributed by atoms with E-state index in [1.54, 1.807) is 22.3 Å². The number of ether oxygens (including phenoxy) is 2. The second-order valence-corrected chi connectivity index (χ2v) is 28.8. The zero-order valence-corrected chi connectivity index (χ0v) is 55.9. The number of hydrogen-bond donors (Lipinski definition) is 0. The Hall–Kier alpha value is -7.42. The van der Waals surface area contributed by atoms with Crippen LogP contribution in [0, 0.1) is 0 Å². The van der Waals surface area contributed by atoms with Gasteiger partial charge in [-0.25, -0.2) is 0 Å². The van der Waals surface area contributed by atoms with Crippen molar-refractivity contribution in [3.8, 4) is 67.5 Å². The van der Waals surface area contributed by atoms with Gasteiger partial charge in [0.15, 0.2) is 0 Å². The molecule has 2 heteroatoms. The second-order valence-electron chi connectivity index (χ2n) is 28.8. The molecule has 0 radical (unpaired) electrons. The summed E-state index contributed by atoms with van der Waals surface area (Å²) in [5.74, 6) is 3.78. The first-order valence-corrected chi connectivity index (χ1v) is 37.0. The van der Waals surface area contributed by atoms with Crippen LogP contribution in [0.25, 0.3) is 44.5 Å². The van der Waals surface area contributed by atoms with Gasteiger partial charge in [0.2, 0.25) is 0 Å².